The molecule has 8 heteroatoms. The van der Waals surface area contributed by atoms with Crippen molar-refractivity contribution >= 4 is 26.8 Å². The number of sulfonamides is 1. The van der Waals surface area contributed by atoms with Crippen LogP contribution in [0.5, 0.6) is 0 Å². The van der Waals surface area contributed by atoms with Crippen molar-refractivity contribution in [3.05, 3.63) is 24.3 Å². The van der Waals surface area contributed by atoms with Gasteiger partial charge in [0.2, 0.25) is 10.0 Å². The first-order chi connectivity index (χ1) is 6.88. The molecular formula is C7H9N2O4S2-. The van der Waals surface area contributed by atoms with E-state index in [1.165, 1.54) is 24.3 Å². The highest BCUT2D eigenvalue weighted by Gasteiger charge is 1.99. The molecule has 1 atom stereocenters. The highest BCUT2D eigenvalue weighted by atomic mass is 32.2. The van der Waals surface area contributed by atoms with Crippen LogP contribution in [0, 0.1) is 0 Å². The fraction of sp³-hybridized carbons (Fsp3) is 0.143. The van der Waals surface area contributed by atoms with E-state index < -0.39 is 21.1 Å². The van der Waals surface area contributed by atoms with Crippen LogP contribution in [0.2, 0.25) is 0 Å². The smallest absolute Gasteiger partial charge is 0.225 e. The molecule has 0 aromatic heterocycles. The van der Waals surface area contributed by atoms with Crippen LogP contribution in [0.15, 0.2) is 29.2 Å². The van der Waals surface area contributed by atoms with Crippen molar-refractivity contribution in [2.24, 2.45) is 0 Å². The molecule has 0 aliphatic heterocycles. The molecule has 0 heterocycles. The molecule has 0 radical (unpaired) electrons. The van der Waals surface area contributed by atoms with E-state index >= 15 is 0 Å². The molecule has 1 aromatic carbocycles. The molecule has 0 saturated carbocycles. The molecule has 1 aromatic rings. The normalized spacial score (nSPS) is 13.5. The van der Waals surface area contributed by atoms with Gasteiger partial charge in [-0.2, -0.15) is 0 Å². The number of anilines is 1. The average molecular weight is 249 g/mol. The van der Waals surface area contributed by atoms with Crippen molar-refractivity contribution in [3.63, 3.8) is 0 Å². The summed E-state index contributed by atoms with van der Waals surface area (Å²) in [6.45, 7) is 0. The van der Waals surface area contributed by atoms with Gasteiger partial charge in [-0.15, -0.1) is 4.83 Å². The minimum Gasteiger partial charge on any atom is -0.768 e. The van der Waals surface area contributed by atoms with Crippen molar-refractivity contribution in [1.82, 2.24) is 4.83 Å². The summed E-state index contributed by atoms with van der Waals surface area (Å²) in [5.41, 5.74) is 2.87. The first kappa shape index (κ1) is 12.1. The van der Waals surface area contributed by atoms with Gasteiger partial charge in [0.05, 0.1) is 6.26 Å². The second-order valence-corrected chi connectivity index (χ2v) is 5.45. The highest BCUT2D eigenvalue weighted by Crippen LogP contribution is 2.10. The van der Waals surface area contributed by atoms with E-state index in [1.54, 1.807) is 0 Å². The lowest BCUT2D eigenvalue weighted by Crippen LogP contribution is -2.27. The Morgan fingerprint density at radius 3 is 2.20 bits per heavy atom. The standard InChI is InChI=1S/C7H10N2O4S2/c1-15(12,13)9-8-6-2-4-7(5-3-6)14(10)11/h2-5,8-9H,1H3,(H,10,11)/p-1. The highest BCUT2D eigenvalue weighted by molar-refractivity contribution is 7.88. The van der Waals surface area contributed by atoms with Crippen LogP contribution in [0.3, 0.4) is 0 Å². The maximum atomic E-state index is 10.7. The molecule has 0 aliphatic carbocycles. The third-order valence-corrected chi connectivity index (χ3v) is 2.56. The summed E-state index contributed by atoms with van der Waals surface area (Å²) >= 11 is -2.27. The molecule has 84 valence electrons. The molecule has 0 amide bonds. The van der Waals surface area contributed by atoms with Crippen LogP contribution in [0.4, 0.5) is 5.69 Å². The first-order valence-corrected chi connectivity index (χ1v) is 6.77. The lowest BCUT2D eigenvalue weighted by atomic mass is 10.3. The lowest BCUT2D eigenvalue weighted by molar-refractivity contribution is 0.537. The largest absolute Gasteiger partial charge is 0.768 e. The summed E-state index contributed by atoms with van der Waals surface area (Å²) in [6, 6.07) is 5.61. The van der Waals surface area contributed by atoms with Gasteiger partial charge in [0.25, 0.3) is 0 Å². The number of hydrogen-bond acceptors (Lipinski definition) is 5. The molecule has 0 aliphatic rings. The van der Waals surface area contributed by atoms with Crippen LogP contribution in [-0.2, 0) is 21.1 Å². The first-order valence-electron chi connectivity index (χ1n) is 3.80. The Balaban J connectivity index is 2.69. The zero-order valence-corrected chi connectivity index (χ0v) is 9.39. The summed E-state index contributed by atoms with van der Waals surface area (Å²) in [7, 11) is -3.33. The van der Waals surface area contributed by atoms with Crippen molar-refractivity contribution in [2.45, 2.75) is 4.90 Å². The number of hydrogen-bond donors (Lipinski definition) is 2. The molecule has 0 saturated heterocycles. The zero-order valence-electron chi connectivity index (χ0n) is 7.76. The van der Waals surface area contributed by atoms with Gasteiger partial charge >= 0.3 is 0 Å². The molecule has 15 heavy (non-hydrogen) atoms. The van der Waals surface area contributed by atoms with Gasteiger partial charge in [-0.25, -0.2) is 8.42 Å². The summed E-state index contributed by atoms with van der Waals surface area (Å²) in [4.78, 5) is 2.19. The summed E-state index contributed by atoms with van der Waals surface area (Å²) in [5.74, 6) is 0. The Kier molecular flexibility index (Phi) is 3.80. The Hall–Kier alpha value is -0.960. The topological polar surface area (TPSA) is 98.3 Å². The number of nitrogens with one attached hydrogen (secondary N) is 2. The summed E-state index contributed by atoms with van der Waals surface area (Å²) < 4.78 is 42.4. The molecule has 6 nitrogen and oxygen atoms in total. The number of hydrazine groups is 1. The second kappa shape index (κ2) is 4.71. The maximum absolute atomic E-state index is 10.7. The Labute approximate surface area is 90.0 Å². The van der Waals surface area contributed by atoms with E-state index in [9.17, 15) is 17.2 Å². The SMILES string of the molecule is CS(=O)(=O)NNc1ccc(S(=O)[O-])cc1. The fourth-order valence-corrected chi connectivity index (χ4v) is 1.46. The molecule has 0 bridgehead atoms. The third kappa shape index (κ3) is 4.38. The van der Waals surface area contributed by atoms with Gasteiger partial charge in [0.1, 0.15) is 0 Å². The Morgan fingerprint density at radius 1 is 1.27 bits per heavy atom. The van der Waals surface area contributed by atoms with E-state index in [-0.39, 0.29) is 4.90 Å². The van der Waals surface area contributed by atoms with E-state index in [0.29, 0.717) is 5.69 Å². The maximum Gasteiger partial charge on any atom is 0.225 e. The molecule has 2 N–H and O–H groups in total. The summed E-state index contributed by atoms with van der Waals surface area (Å²) in [5, 5.41) is 0. The van der Waals surface area contributed by atoms with Crippen LogP contribution in [0.1, 0.15) is 0 Å². The van der Waals surface area contributed by atoms with Crippen molar-refractivity contribution in [3.8, 4) is 0 Å². The van der Waals surface area contributed by atoms with E-state index in [1.807, 2.05) is 0 Å². The van der Waals surface area contributed by atoms with Crippen LogP contribution >= 0.6 is 0 Å². The van der Waals surface area contributed by atoms with Crippen LogP contribution < -0.4 is 10.3 Å². The van der Waals surface area contributed by atoms with Gasteiger partial charge in [0, 0.05) is 10.6 Å². The Bertz CT molecular complexity index is 454. The predicted octanol–water partition coefficient (Wildman–Crippen LogP) is -0.199. The molecule has 1 unspecified atom stereocenters. The molecule has 1 rings (SSSR count). The van der Waals surface area contributed by atoms with Crippen LogP contribution in [-0.4, -0.2) is 23.4 Å². The number of benzene rings is 1. The number of rotatable bonds is 4. The minimum absolute atomic E-state index is 0.139. The van der Waals surface area contributed by atoms with Gasteiger partial charge in [-0.3, -0.25) is 4.21 Å². The van der Waals surface area contributed by atoms with E-state index in [2.05, 4.69) is 10.3 Å². The van der Waals surface area contributed by atoms with Crippen molar-refractivity contribution < 1.29 is 17.2 Å². The fourth-order valence-electron chi connectivity index (χ4n) is 0.801. The van der Waals surface area contributed by atoms with Crippen molar-refractivity contribution in [2.75, 3.05) is 11.7 Å². The van der Waals surface area contributed by atoms with Crippen molar-refractivity contribution in [1.29, 1.82) is 0 Å². The van der Waals surface area contributed by atoms with E-state index in [0.717, 1.165) is 6.26 Å². The van der Waals surface area contributed by atoms with Gasteiger partial charge < -0.3 is 9.98 Å². The summed E-state index contributed by atoms with van der Waals surface area (Å²) in [6.07, 6.45) is 1.00. The molecule has 0 spiro atoms. The molecular weight excluding hydrogens is 240 g/mol. The monoisotopic (exact) mass is 249 g/mol. The van der Waals surface area contributed by atoms with Gasteiger partial charge in [-0.05, 0) is 35.3 Å². The second-order valence-electron chi connectivity index (χ2n) is 2.76. The zero-order chi connectivity index (χ0) is 11.5. The lowest BCUT2D eigenvalue weighted by Gasteiger charge is -2.08. The minimum atomic E-state index is -3.33. The van der Waals surface area contributed by atoms with Crippen LogP contribution in [0.25, 0.3) is 0 Å². The average Bonchev–Trinajstić information content (AvgIpc) is 2.14. The van der Waals surface area contributed by atoms with Gasteiger partial charge in [0.15, 0.2) is 0 Å². The molecule has 0 fully saturated rings. The third-order valence-electron chi connectivity index (χ3n) is 1.43. The quantitative estimate of drug-likeness (QED) is 0.569. The van der Waals surface area contributed by atoms with Gasteiger partial charge in [-0.1, -0.05) is 0 Å². The Morgan fingerprint density at radius 2 is 1.80 bits per heavy atom. The van der Waals surface area contributed by atoms with E-state index in [4.69, 9.17) is 0 Å². The predicted molar refractivity (Wildman–Crippen MR) is 55.2 cm³/mol.